The van der Waals surface area contributed by atoms with E-state index in [1.165, 1.54) is 4.90 Å². The first-order valence-corrected chi connectivity index (χ1v) is 12.3. The molecule has 0 radical (unpaired) electrons. The fraction of sp³-hybridized carbons (Fsp3) is 0.370. The van der Waals surface area contributed by atoms with Crippen LogP contribution in [0.3, 0.4) is 0 Å². The Morgan fingerprint density at radius 2 is 1.89 bits per heavy atom. The number of imide groups is 1. The van der Waals surface area contributed by atoms with Crippen molar-refractivity contribution in [3.63, 3.8) is 0 Å². The number of hydrogen-bond donors (Lipinski definition) is 2. The van der Waals surface area contributed by atoms with Gasteiger partial charge in [-0.25, -0.2) is 14.8 Å². The first-order valence-electron chi connectivity index (χ1n) is 12.3. The molecule has 3 atom stereocenters. The van der Waals surface area contributed by atoms with Crippen molar-refractivity contribution in [1.82, 2.24) is 24.8 Å². The second kappa shape index (κ2) is 10.4. The molecule has 2 aromatic heterocycles. The molecule has 10 nitrogen and oxygen atoms in total. The van der Waals surface area contributed by atoms with E-state index in [-0.39, 0.29) is 12.5 Å². The van der Waals surface area contributed by atoms with E-state index in [1.807, 2.05) is 39.0 Å². The molecule has 0 spiro atoms. The van der Waals surface area contributed by atoms with Gasteiger partial charge in [0.15, 0.2) is 0 Å². The third kappa shape index (κ3) is 5.04. The van der Waals surface area contributed by atoms with Crippen LogP contribution in [0.2, 0.25) is 0 Å². The smallest absolute Gasteiger partial charge is 0.325 e. The molecule has 0 aliphatic carbocycles. The van der Waals surface area contributed by atoms with E-state index < -0.39 is 29.8 Å². The molecule has 3 heterocycles. The lowest BCUT2D eigenvalue weighted by atomic mass is 9.81. The van der Waals surface area contributed by atoms with E-state index in [1.54, 1.807) is 49.4 Å². The van der Waals surface area contributed by atoms with Crippen LogP contribution in [-0.2, 0) is 23.1 Å². The minimum absolute atomic E-state index is 0.258. The lowest BCUT2D eigenvalue weighted by molar-refractivity contribution is -0.156. The molecule has 1 aromatic carbocycles. The SMILES string of the molecule is CCC(NC(=O)N1C(=O)[C@H](Cc2ccnc(N)c2)[C@H]1C(=O)N(C)c1nccn1C)c1ccc(C)c(C)c1. The van der Waals surface area contributed by atoms with Crippen LogP contribution in [0.4, 0.5) is 16.6 Å². The summed E-state index contributed by atoms with van der Waals surface area (Å²) in [6.07, 6.45) is 5.76. The van der Waals surface area contributed by atoms with Gasteiger partial charge in [-0.1, -0.05) is 25.1 Å². The van der Waals surface area contributed by atoms with Gasteiger partial charge in [0, 0.05) is 32.7 Å². The Bertz CT molecular complexity index is 1340. The lowest BCUT2D eigenvalue weighted by Crippen LogP contribution is -2.70. The third-order valence-electron chi connectivity index (χ3n) is 7.05. The number of nitrogens with one attached hydrogen (secondary N) is 1. The maximum Gasteiger partial charge on any atom is 0.325 e. The molecule has 1 aliphatic rings. The van der Waals surface area contributed by atoms with Crippen molar-refractivity contribution in [2.45, 2.75) is 45.7 Å². The molecule has 4 amide bonds. The summed E-state index contributed by atoms with van der Waals surface area (Å²) >= 11 is 0. The van der Waals surface area contributed by atoms with Crippen LogP contribution in [-0.4, -0.2) is 50.4 Å². The zero-order valence-corrected chi connectivity index (χ0v) is 21.8. The minimum atomic E-state index is -0.985. The number of likely N-dealkylation sites (N-methyl/N-ethyl adjacent to an activating group) is 1. The zero-order valence-electron chi connectivity index (χ0n) is 21.8. The largest absolute Gasteiger partial charge is 0.384 e. The second-order valence-electron chi connectivity index (χ2n) is 9.54. The number of carbonyl (C=O) groups excluding carboxylic acids is 3. The number of imidazole rings is 1. The predicted molar refractivity (Wildman–Crippen MR) is 141 cm³/mol. The Kier molecular flexibility index (Phi) is 7.28. The van der Waals surface area contributed by atoms with Crippen LogP contribution in [0, 0.1) is 19.8 Å². The summed E-state index contributed by atoms with van der Waals surface area (Å²) in [7, 11) is 3.37. The van der Waals surface area contributed by atoms with Gasteiger partial charge in [-0.05, 0) is 61.1 Å². The number of nitrogens with zero attached hydrogens (tertiary/aromatic N) is 5. The maximum absolute atomic E-state index is 13.7. The molecule has 37 heavy (non-hydrogen) atoms. The van der Waals surface area contributed by atoms with Crippen molar-refractivity contribution in [3.05, 3.63) is 71.2 Å². The highest BCUT2D eigenvalue weighted by Gasteiger charge is 2.55. The number of β-lactam (4-membered cyclic amide) rings is 1. The predicted octanol–water partition coefficient (Wildman–Crippen LogP) is 2.91. The van der Waals surface area contributed by atoms with Crippen molar-refractivity contribution in [3.8, 4) is 0 Å². The monoisotopic (exact) mass is 503 g/mol. The highest BCUT2D eigenvalue weighted by Crippen LogP contribution is 2.33. The Balaban J connectivity index is 1.61. The number of likely N-dealkylation sites (tertiary alicyclic amines) is 1. The van der Waals surface area contributed by atoms with E-state index in [0.717, 1.165) is 27.2 Å². The number of pyridine rings is 1. The molecule has 194 valence electrons. The van der Waals surface area contributed by atoms with Crippen LogP contribution in [0.15, 0.2) is 48.9 Å². The van der Waals surface area contributed by atoms with Crippen LogP contribution in [0.1, 0.15) is 41.6 Å². The van der Waals surface area contributed by atoms with Gasteiger partial charge in [0.25, 0.3) is 5.91 Å². The van der Waals surface area contributed by atoms with Crippen LogP contribution >= 0.6 is 0 Å². The summed E-state index contributed by atoms with van der Waals surface area (Å²) in [6.45, 7) is 6.01. The Morgan fingerprint density at radius 1 is 1.14 bits per heavy atom. The summed E-state index contributed by atoms with van der Waals surface area (Å²) in [6, 6.07) is 7.57. The van der Waals surface area contributed by atoms with Gasteiger partial charge in [0.2, 0.25) is 11.9 Å². The highest BCUT2D eigenvalue weighted by molar-refractivity contribution is 6.12. The van der Waals surface area contributed by atoms with Crippen molar-refractivity contribution in [2.24, 2.45) is 13.0 Å². The first-order chi connectivity index (χ1) is 17.6. The van der Waals surface area contributed by atoms with E-state index in [9.17, 15) is 14.4 Å². The Hall–Kier alpha value is -4.21. The van der Waals surface area contributed by atoms with Gasteiger partial charge in [0.05, 0.1) is 12.0 Å². The number of hydrogen-bond acceptors (Lipinski definition) is 6. The summed E-state index contributed by atoms with van der Waals surface area (Å²) in [5, 5.41) is 2.97. The normalized spacial score (nSPS) is 17.8. The fourth-order valence-corrected chi connectivity index (χ4v) is 4.73. The molecule has 1 unspecified atom stereocenters. The van der Waals surface area contributed by atoms with Gasteiger partial charge in [-0.15, -0.1) is 0 Å². The van der Waals surface area contributed by atoms with Gasteiger partial charge in [0.1, 0.15) is 11.9 Å². The number of rotatable bonds is 7. The third-order valence-corrected chi connectivity index (χ3v) is 7.05. The number of carbonyl (C=O) groups is 3. The number of amides is 4. The van der Waals surface area contributed by atoms with Crippen LogP contribution in [0.25, 0.3) is 0 Å². The number of aryl methyl sites for hydroxylation is 3. The lowest BCUT2D eigenvalue weighted by Gasteiger charge is -2.45. The topological polar surface area (TPSA) is 126 Å². The molecule has 3 aromatic rings. The fourth-order valence-electron chi connectivity index (χ4n) is 4.73. The number of anilines is 2. The molecule has 0 bridgehead atoms. The average Bonchev–Trinajstić information content (AvgIpc) is 3.30. The molecular weight excluding hydrogens is 470 g/mol. The van der Waals surface area contributed by atoms with E-state index in [4.69, 9.17) is 5.73 Å². The van der Waals surface area contributed by atoms with Gasteiger partial charge in [-0.3, -0.25) is 19.4 Å². The molecule has 10 heteroatoms. The van der Waals surface area contributed by atoms with Gasteiger partial charge in [-0.2, -0.15) is 0 Å². The van der Waals surface area contributed by atoms with Gasteiger partial charge < -0.3 is 15.6 Å². The Labute approximate surface area is 216 Å². The maximum atomic E-state index is 13.7. The molecule has 0 saturated carbocycles. The molecule has 3 N–H and O–H groups in total. The van der Waals surface area contributed by atoms with E-state index in [2.05, 4.69) is 15.3 Å². The molecule has 1 saturated heterocycles. The van der Waals surface area contributed by atoms with Crippen molar-refractivity contribution >= 4 is 29.6 Å². The summed E-state index contributed by atoms with van der Waals surface area (Å²) in [5.74, 6) is -0.779. The highest BCUT2D eigenvalue weighted by atomic mass is 16.2. The first kappa shape index (κ1) is 25.9. The van der Waals surface area contributed by atoms with Crippen molar-refractivity contribution in [1.29, 1.82) is 0 Å². The van der Waals surface area contributed by atoms with Crippen LogP contribution in [0.5, 0.6) is 0 Å². The number of aromatic nitrogens is 3. The summed E-state index contributed by atoms with van der Waals surface area (Å²) in [4.78, 5) is 51.1. The van der Waals surface area contributed by atoms with Gasteiger partial charge >= 0.3 is 6.03 Å². The summed E-state index contributed by atoms with van der Waals surface area (Å²) < 4.78 is 1.70. The number of nitrogens with two attached hydrogens (primary N) is 1. The molecule has 4 rings (SSSR count). The average molecular weight is 504 g/mol. The summed E-state index contributed by atoms with van der Waals surface area (Å²) in [5.41, 5.74) is 9.81. The standard InChI is InChI=1S/C27H33N7O3/c1-6-21(19-8-7-16(2)17(3)13-19)31-27(37)34-23(25(36)33(5)26-30-11-12-32(26)4)20(24(34)35)14-18-9-10-29-22(28)15-18/h7-13,15,20-21,23H,6,14H2,1-5H3,(H2,28,29)(H,31,37)/t20-,21?,23+/m1/s1. The molecule has 1 aliphatic heterocycles. The number of urea groups is 1. The second-order valence-corrected chi connectivity index (χ2v) is 9.54. The van der Waals surface area contributed by atoms with E-state index in [0.29, 0.717) is 18.2 Å². The van der Waals surface area contributed by atoms with Crippen molar-refractivity contribution < 1.29 is 14.4 Å². The molecular formula is C27H33N7O3. The minimum Gasteiger partial charge on any atom is -0.384 e. The Morgan fingerprint density at radius 3 is 2.51 bits per heavy atom. The zero-order chi connectivity index (χ0) is 26.9. The molecule has 1 fully saturated rings. The van der Waals surface area contributed by atoms with Crippen molar-refractivity contribution in [2.75, 3.05) is 17.7 Å². The van der Waals surface area contributed by atoms with E-state index >= 15 is 0 Å². The number of nitrogen functional groups attached to an aromatic ring is 1. The quantitative estimate of drug-likeness (QED) is 0.478. The number of benzene rings is 1. The van der Waals surface area contributed by atoms with Crippen LogP contribution < -0.4 is 16.0 Å².